The van der Waals surface area contributed by atoms with E-state index < -0.39 is 26.6 Å². The van der Waals surface area contributed by atoms with Crippen molar-refractivity contribution in [1.82, 2.24) is 14.3 Å². The van der Waals surface area contributed by atoms with E-state index in [-0.39, 0.29) is 5.56 Å². The minimum Gasteiger partial charge on any atom is -0.383 e. The number of amides is 1. The molecule has 7 nitrogen and oxygen atoms in total. The number of carbonyl (C=O) groups is 1. The molecule has 0 bridgehead atoms. The van der Waals surface area contributed by atoms with Crippen LogP contribution in [0, 0.1) is 5.82 Å². The van der Waals surface area contributed by atoms with Crippen LogP contribution in [-0.4, -0.2) is 37.6 Å². The van der Waals surface area contributed by atoms with Gasteiger partial charge in [0.15, 0.2) is 0 Å². The highest BCUT2D eigenvalue weighted by molar-refractivity contribution is 7.90. The van der Waals surface area contributed by atoms with Crippen LogP contribution < -0.4 is 4.72 Å². The third-order valence-corrected chi connectivity index (χ3v) is 5.08. The molecule has 0 saturated heterocycles. The van der Waals surface area contributed by atoms with E-state index in [4.69, 9.17) is 4.74 Å². The SMILES string of the molecule is COCCn1ccc2cc(C(=O)NS(=O)(=O)c3cncc(F)c3)ccc21. The smallest absolute Gasteiger partial charge is 0.265 e. The van der Waals surface area contributed by atoms with Crippen LogP contribution in [0.15, 0.2) is 53.8 Å². The zero-order chi connectivity index (χ0) is 18.7. The van der Waals surface area contributed by atoms with Crippen molar-refractivity contribution >= 4 is 26.8 Å². The van der Waals surface area contributed by atoms with E-state index in [0.29, 0.717) is 13.2 Å². The maximum atomic E-state index is 13.2. The number of sulfonamides is 1. The van der Waals surface area contributed by atoms with Gasteiger partial charge >= 0.3 is 0 Å². The summed E-state index contributed by atoms with van der Waals surface area (Å²) in [5.74, 6) is -1.61. The van der Waals surface area contributed by atoms with Gasteiger partial charge in [-0.15, -0.1) is 0 Å². The van der Waals surface area contributed by atoms with Gasteiger partial charge in [-0.05, 0) is 30.3 Å². The molecule has 0 aliphatic carbocycles. The van der Waals surface area contributed by atoms with Gasteiger partial charge in [0.25, 0.3) is 15.9 Å². The first kappa shape index (κ1) is 18.0. The van der Waals surface area contributed by atoms with E-state index >= 15 is 0 Å². The van der Waals surface area contributed by atoms with Gasteiger partial charge in [0.2, 0.25) is 0 Å². The van der Waals surface area contributed by atoms with Crippen LogP contribution in [-0.2, 0) is 21.3 Å². The number of nitrogens with zero attached hydrogens (tertiary/aromatic N) is 2. The van der Waals surface area contributed by atoms with Crippen LogP contribution in [0.2, 0.25) is 0 Å². The first-order valence-corrected chi connectivity index (χ1v) is 9.14. The average Bonchev–Trinajstić information content (AvgIpc) is 3.01. The molecule has 0 spiro atoms. The van der Waals surface area contributed by atoms with Crippen LogP contribution >= 0.6 is 0 Å². The van der Waals surface area contributed by atoms with Gasteiger partial charge in [0.1, 0.15) is 10.7 Å². The molecule has 9 heteroatoms. The molecule has 1 aromatic carbocycles. The lowest BCUT2D eigenvalue weighted by atomic mass is 10.1. The van der Waals surface area contributed by atoms with Crippen LogP contribution in [0.1, 0.15) is 10.4 Å². The summed E-state index contributed by atoms with van der Waals surface area (Å²) >= 11 is 0. The Hall–Kier alpha value is -2.78. The van der Waals surface area contributed by atoms with Gasteiger partial charge in [-0.1, -0.05) is 0 Å². The zero-order valence-electron chi connectivity index (χ0n) is 13.8. The molecule has 0 radical (unpaired) electrons. The second kappa shape index (κ2) is 7.22. The van der Waals surface area contributed by atoms with Gasteiger partial charge in [-0.2, -0.15) is 0 Å². The summed E-state index contributed by atoms with van der Waals surface area (Å²) < 4.78 is 46.5. The number of benzene rings is 1. The molecule has 0 aliphatic rings. The second-order valence-corrected chi connectivity index (χ2v) is 7.23. The first-order chi connectivity index (χ1) is 12.4. The molecule has 0 fully saturated rings. The van der Waals surface area contributed by atoms with E-state index in [9.17, 15) is 17.6 Å². The van der Waals surface area contributed by atoms with E-state index in [2.05, 4.69) is 4.98 Å². The lowest BCUT2D eigenvalue weighted by Crippen LogP contribution is -2.30. The molecule has 1 N–H and O–H groups in total. The summed E-state index contributed by atoms with van der Waals surface area (Å²) in [4.78, 5) is 15.4. The Labute approximate surface area is 149 Å². The highest BCUT2D eigenvalue weighted by atomic mass is 32.2. The van der Waals surface area contributed by atoms with E-state index in [1.54, 1.807) is 19.2 Å². The summed E-state index contributed by atoms with van der Waals surface area (Å²) in [6.45, 7) is 1.21. The minimum atomic E-state index is -4.21. The van der Waals surface area contributed by atoms with E-state index in [0.717, 1.165) is 29.4 Å². The molecule has 26 heavy (non-hydrogen) atoms. The maximum Gasteiger partial charge on any atom is 0.265 e. The molecule has 0 aliphatic heterocycles. The van der Waals surface area contributed by atoms with Crippen LogP contribution in [0.4, 0.5) is 4.39 Å². The lowest BCUT2D eigenvalue weighted by Gasteiger charge is -2.08. The maximum absolute atomic E-state index is 13.2. The Bertz CT molecular complexity index is 1060. The number of hydrogen-bond donors (Lipinski definition) is 1. The largest absolute Gasteiger partial charge is 0.383 e. The van der Waals surface area contributed by atoms with Gasteiger partial charge in [0, 0.05) is 42.5 Å². The van der Waals surface area contributed by atoms with Crippen molar-refractivity contribution in [2.45, 2.75) is 11.4 Å². The molecule has 2 aromatic heterocycles. The Kier molecular flexibility index (Phi) is 5.01. The normalized spacial score (nSPS) is 11.6. The van der Waals surface area contributed by atoms with Crippen molar-refractivity contribution in [3.8, 4) is 0 Å². The predicted octanol–water partition coefficient (Wildman–Crippen LogP) is 1.94. The number of aromatic nitrogens is 2. The Balaban J connectivity index is 1.83. The van der Waals surface area contributed by atoms with Crippen LogP contribution in [0.25, 0.3) is 10.9 Å². The fraction of sp³-hybridized carbons (Fsp3) is 0.176. The predicted molar refractivity (Wildman–Crippen MR) is 92.7 cm³/mol. The van der Waals surface area contributed by atoms with Crippen molar-refractivity contribution in [2.24, 2.45) is 0 Å². The Morgan fingerprint density at radius 2 is 2.08 bits per heavy atom. The molecular formula is C17H16FN3O4S. The number of rotatable bonds is 6. The van der Waals surface area contributed by atoms with Crippen molar-refractivity contribution in [3.05, 3.63) is 60.3 Å². The molecule has 1 amide bonds. The van der Waals surface area contributed by atoms with Crippen LogP contribution in [0.3, 0.4) is 0 Å². The lowest BCUT2D eigenvalue weighted by molar-refractivity contribution is 0.0981. The summed E-state index contributed by atoms with van der Waals surface area (Å²) in [5.41, 5.74) is 1.07. The molecule has 3 rings (SSSR count). The number of fused-ring (bicyclic) bond motifs is 1. The van der Waals surface area contributed by atoms with Crippen LogP contribution in [0.5, 0.6) is 0 Å². The first-order valence-electron chi connectivity index (χ1n) is 7.66. The quantitative estimate of drug-likeness (QED) is 0.709. The highest BCUT2D eigenvalue weighted by Crippen LogP contribution is 2.18. The molecule has 0 saturated carbocycles. The van der Waals surface area contributed by atoms with Gasteiger partial charge in [0.05, 0.1) is 12.8 Å². The second-order valence-electron chi connectivity index (χ2n) is 5.55. The standard InChI is InChI=1S/C17H16FN3O4S/c1-25-7-6-21-5-4-12-8-13(2-3-16(12)21)17(22)20-26(23,24)15-9-14(18)10-19-11-15/h2-5,8-11H,6-7H2,1H3,(H,20,22). The fourth-order valence-corrected chi connectivity index (χ4v) is 3.45. The Morgan fingerprint density at radius 3 is 2.81 bits per heavy atom. The number of halogens is 1. The minimum absolute atomic E-state index is 0.176. The third-order valence-electron chi connectivity index (χ3n) is 3.79. The van der Waals surface area contributed by atoms with Crippen molar-refractivity contribution in [3.63, 3.8) is 0 Å². The number of methoxy groups -OCH3 is 1. The average molecular weight is 377 g/mol. The summed E-state index contributed by atoms with van der Waals surface area (Å²) in [6.07, 6.45) is 3.71. The summed E-state index contributed by atoms with van der Waals surface area (Å²) in [7, 11) is -2.60. The van der Waals surface area contributed by atoms with Crippen molar-refractivity contribution < 1.29 is 22.3 Å². The number of pyridine rings is 1. The molecule has 136 valence electrons. The van der Waals surface area contributed by atoms with Crippen molar-refractivity contribution in [2.75, 3.05) is 13.7 Å². The number of ether oxygens (including phenoxy) is 1. The molecule has 0 atom stereocenters. The van der Waals surface area contributed by atoms with Gasteiger partial charge in [-0.3, -0.25) is 9.78 Å². The number of hydrogen-bond acceptors (Lipinski definition) is 5. The molecule has 3 aromatic rings. The van der Waals surface area contributed by atoms with Gasteiger partial charge in [-0.25, -0.2) is 17.5 Å². The zero-order valence-corrected chi connectivity index (χ0v) is 14.7. The molecule has 2 heterocycles. The Morgan fingerprint density at radius 1 is 1.27 bits per heavy atom. The number of nitrogens with one attached hydrogen (secondary N) is 1. The molecular weight excluding hydrogens is 361 g/mol. The highest BCUT2D eigenvalue weighted by Gasteiger charge is 2.20. The molecule has 0 unspecified atom stereocenters. The van der Waals surface area contributed by atoms with E-state index in [1.807, 2.05) is 21.6 Å². The summed E-state index contributed by atoms with van der Waals surface area (Å²) in [6, 6.07) is 7.47. The number of carbonyl (C=O) groups excluding carboxylic acids is 1. The van der Waals surface area contributed by atoms with Crippen molar-refractivity contribution in [1.29, 1.82) is 0 Å². The monoisotopic (exact) mass is 377 g/mol. The third kappa shape index (κ3) is 3.73. The topological polar surface area (TPSA) is 90.3 Å². The summed E-state index contributed by atoms with van der Waals surface area (Å²) in [5, 5.41) is 0.790. The fourth-order valence-electron chi connectivity index (χ4n) is 2.51. The van der Waals surface area contributed by atoms with E-state index in [1.165, 1.54) is 6.07 Å². The van der Waals surface area contributed by atoms with Gasteiger partial charge < -0.3 is 9.30 Å².